The fourth-order valence-corrected chi connectivity index (χ4v) is 16.4. The van der Waals surface area contributed by atoms with Crippen LogP contribution in [0.5, 0.6) is 0 Å². The summed E-state index contributed by atoms with van der Waals surface area (Å²) in [7, 11) is 0. The second kappa shape index (κ2) is 32.4. The van der Waals surface area contributed by atoms with Crippen molar-refractivity contribution < 1.29 is 63.4 Å². The monoisotopic (exact) mass is 1190 g/mol. The van der Waals surface area contributed by atoms with Crippen molar-refractivity contribution in [1.82, 2.24) is 0 Å². The van der Waals surface area contributed by atoms with Gasteiger partial charge >= 0.3 is 17.9 Å². The lowest BCUT2D eigenvalue weighted by molar-refractivity contribution is -0.161. The van der Waals surface area contributed by atoms with Crippen LogP contribution in [-0.2, 0) is 43.0 Å². The molecule has 13 nitrogen and oxygen atoms in total. The van der Waals surface area contributed by atoms with E-state index in [4.69, 9.17) is 14.2 Å². The molecule has 3 saturated heterocycles. The fraction of sp³-hybridized carbons (Fsp3) is 0.753. The van der Waals surface area contributed by atoms with Gasteiger partial charge in [0.1, 0.15) is 35.7 Å². The average Bonchev–Trinajstić information content (AvgIpc) is 1.23. The van der Waals surface area contributed by atoms with Crippen LogP contribution in [0.2, 0.25) is 0 Å². The number of ether oxygens (including phenoxy) is 3. The normalized spacial score (nSPS) is 37.5. The van der Waals surface area contributed by atoms with E-state index in [0.29, 0.717) is 122 Å². The summed E-state index contributed by atoms with van der Waals surface area (Å²) in [5.74, 6) is 5.57. The summed E-state index contributed by atoms with van der Waals surface area (Å²) in [4.78, 5) is 73.1. The van der Waals surface area contributed by atoms with Crippen LogP contribution in [0.1, 0.15) is 210 Å². The Bertz CT molecular complexity index is 2390. The highest BCUT2D eigenvalue weighted by molar-refractivity contribution is 5.82. The van der Waals surface area contributed by atoms with Crippen LogP contribution in [0.4, 0.5) is 0 Å². The Kier molecular flexibility index (Phi) is 26.1. The van der Waals surface area contributed by atoms with Crippen LogP contribution in [0.15, 0.2) is 71.4 Å². The number of cyclic esters (lactones) is 3. The quantitative estimate of drug-likeness (QED) is 0.0623. The summed E-state index contributed by atoms with van der Waals surface area (Å²) in [6.45, 7) is 21.3. The van der Waals surface area contributed by atoms with Crippen LogP contribution in [-0.4, -0.2) is 98.4 Å². The number of allylic oxidation sites excluding steroid dienone is 11. The van der Waals surface area contributed by atoms with Crippen LogP contribution in [0.3, 0.4) is 0 Å². The van der Waals surface area contributed by atoms with E-state index in [1.165, 1.54) is 11.1 Å². The van der Waals surface area contributed by atoms with Crippen molar-refractivity contribution in [2.45, 2.75) is 253 Å². The highest BCUT2D eigenvalue weighted by Crippen LogP contribution is 2.51. The first kappa shape index (κ1) is 69.2. The average molecular weight is 1200 g/mol. The van der Waals surface area contributed by atoms with Gasteiger partial charge in [-0.25, -0.2) is 0 Å². The smallest absolute Gasteiger partial charge is 0.308 e. The van der Waals surface area contributed by atoms with Crippen LogP contribution in [0, 0.1) is 94.7 Å². The molecule has 480 valence electrons. The molecular weight excluding hydrogens is 1080 g/mol. The molecule has 0 aromatic carbocycles. The lowest BCUT2D eigenvalue weighted by atomic mass is 9.61. The second-order valence-electron chi connectivity index (χ2n) is 28.4. The molecule has 0 aromatic heterocycles. The molecule has 0 bridgehead atoms. The maximum Gasteiger partial charge on any atom is 0.308 e. The molecule has 86 heavy (non-hydrogen) atoms. The molecule has 4 N–H and O–H groups in total. The molecule has 0 spiro atoms. The summed E-state index contributed by atoms with van der Waals surface area (Å²) in [5, 5.41) is 40.0. The minimum absolute atomic E-state index is 0.0552. The van der Waals surface area contributed by atoms with Gasteiger partial charge in [-0.3, -0.25) is 28.8 Å². The SMILES string of the molecule is CC[C@H](C)C(=O)C[C@H]1CCC=C2C=C[C@H](C)[C@H](CCC3C[C@@H](O)CC(=O)O3)[C@H]21.CC[C@H](C)C(=O)C[C@H]1C[C@@H](C)C=C2C=C[C@H](C)[C@H](CCC3C[C@@H](O)CC(=O)O3)[C@H]21.CC[C@H](C)C(=O)C[C@H]1C[C@@H](O)C=C2C=C[C@H](C)[C@H](CCC3C[C@@H](O)CC(=O)O3)[C@H]21. The first-order valence-electron chi connectivity index (χ1n) is 34.0. The van der Waals surface area contributed by atoms with Crippen molar-refractivity contribution in [3.8, 4) is 0 Å². The molecule has 9 rings (SSSR count). The Labute approximate surface area is 515 Å². The summed E-state index contributed by atoms with van der Waals surface area (Å²) in [6.07, 6.45) is 32.8. The Morgan fingerprint density at radius 2 is 0.826 bits per heavy atom. The standard InChI is InChI=1S/C25H38O4.C24H36O5.C24H36O4/c1-5-16(3)23(27)12-19-11-15(2)10-18-7-6-17(4)22(25(18)19)9-8-21-13-20(26)14-24(28)29-21;1-4-14(2)22(27)11-17-10-18(25)9-16-6-5-15(3)21(24(16)17)8-7-20-12-19(26)13-23(28)29-20;1-4-15(2)22(26)12-18-7-5-6-17-9-8-16(3)21(24(17)18)11-10-20-13-19(25)14-23(27)28-20/h6-7,10,15-17,19-22,25-26H,5,8-9,11-14H2,1-4H3;5-6,9,14-15,17-21,24-26H,4,7-8,10-13H2,1-3H3;6,8-9,15-16,18-21,24-25H,4-5,7,10-14H2,1-3H3/t15-,16-,17-,19+,20+,21?,22-,25+;14-,15-,17+,18-,19+,20?,21-,24+;15-,16-,18+,19+,20?,21-,24+/m000/s1. The maximum atomic E-state index is 12.8. The first-order valence-corrected chi connectivity index (χ1v) is 34.0. The number of Topliss-reactive ketones (excluding diaryl/α,β-unsaturated/α-hetero) is 3. The largest absolute Gasteiger partial charge is 0.462 e. The maximum absolute atomic E-state index is 12.8. The first-order chi connectivity index (χ1) is 40.9. The predicted octanol–water partition coefficient (Wildman–Crippen LogP) is 13.1. The van der Waals surface area contributed by atoms with Crippen LogP contribution < -0.4 is 0 Å². The van der Waals surface area contributed by atoms with E-state index in [1.807, 2.05) is 26.8 Å². The number of aliphatic hydroxyl groups is 4. The van der Waals surface area contributed by atoms with Gasteiger partial charge in [0.25, 0.3) is 0 Å². The zero-order valence-electron chi connectivity index (χ0n) is 54.0. The lowest BCUT2D eigenvalue weighted by Gasteiger charge is -2.44. The number of hydrogen-bond acceptors (Lipinski definition) is 13. The molecular formula is C73H110O13. The Hall–Kier alpha value is -4.30. The number of ketones is 3. The zero-order chi connectivity index (χ0) is 62.5. The lowest BCUT2D eigenvalue weighted by Crippen LogP contribution is -2.39. The molecule has 3 aliphatic heterocycles. The highest BCUT2D eigenvalue weighted by Gasteiger charge is 2.44. The number of carbonyl (C=O) groups is 6. The Morgan fingerprint density at radius 1 is 0.477 bits per heavy atom. The molecule has 23 atom stereocenters. The Morgan fingerprint density at radius 3 is 1.21 bits per heavy atom. The molecule has 3 heterocycles. The molecule has 9 aliphatic rings. The summed E-state index contributed by atoms with van der Waals surface area (Å²) >= 11 is 0. The minimum Gasteiger partial charge on any atom is -0.462 e. The molecule has 3 fully saturated rings. The van der Waals surface area contributed by atoms with Gasteiger partial charge in [-0.05, 0) is 177 Å². The third-order valence-corrected chi connectivity index (χ3v) is 21.9. The second-order valence-corrected chi connectivity index (χ2v) is 28.4. The fourth-order valence-electron chi connectivity index (χ4n) is 16.4. The van der Waals surface area contributed by atoms with E-state index in [0.717, 1.165) is 82.6 Å². The number of fused-ring (bicyclic) bond motifs is 3. The number of esters is 3. The zero-order valence-corrected chi connectivity index (χ0v) is 54.0. The summed E-state index contributed by atoms with van der Waals surface area (Å²) < 4.78 is 16.4. The van der Waals surface area contributed by atoms with Crippen molar-refractivity contribution in [3.63, 3.8) is 0 Å². The summed E-state index contributed by atoms with van der Waals surface area (Å²) in [6, 6.07) is 0. The van der Waals surface area contributed by atoms with Gasteiger partial charge in [0.2, 0.25) is 0 Å². The van der Waals surface area contributed by atoms with E-state index in [1.54, 1.807) is 0 Å². The van der Waals surface area contributed by atoms with Crippen molar-refractivity contribution in [2.75, 3.05) is 0 Å². The van der Waals surface area contributed by atoms with Gasteiger partial charge in [0, 0.05) is 56.3 Å². The third kappa shape index (κ3) is 18.9. The Balaban J connectivity index is 0.000000185. The van der Waals surface area contributed by atoms with Crippen LogP contribution >= 0.6 is 0 Å². The molecule has 13 heteroatoms. The van der Waals surface area contributed by atoms with Gasteiger partial charge in [-0.1, -0.05) is 124 Å². The van der Waals surface area contributed by atoms with Gasteiger partial charge in [-0.15, -0.1) is 0 Å². The number of rotatable bonds is 21. The number of carbonyl (C=O) groups excluding carboxylic acids is 6. The van der Waals surface area contributed by atoms with Crippen molar-refractivity contribution in [1.29, 1.82) is 0 Å². The molecule has 6 aliphatic carbocycles. The van der Waals surface area contributed by atoms with Gasteiger partial charge in [0.05, 0.1) is 43.7 Å². The topological polar surface area (TPSA) is 211 Å². The summed E-state index contributed by atoms with van der Waals surface area (Å²) in [5.41, 5.74) is 3.95. The molecule has 0 saturated carbocycles. The van der Waals surface area contributed by atoms with E-state index < -0.39 is 24.4 Å². The minimum atomic E-state index is -0.605. The van der Waals surface area contributed by atoms with E-state index in [2.05, 4.69) is 97.1 Å². The van der Waals surface area contributed by atoms with Crippen molar-refractivity contribution in [2.24, 2.45) is 94.7 Å². The van der Waals surface area contributed by atoms with E-state index in [9.17, 15) is 49.2 Å². The van der Waals surface area contributed by atoms with E-state index >= 15 is 0 Å². The molecule has 0 amide bonds. The highest BCUT2D eigenvalue weighted by atomic mass is 16.6. The molecule has 0 aromatic rings. The predicted molar refractivity (Wildman–Crippen MR) is 335 cm³/mol. The van der Waals surface area contributed by atoms with Crippen molar-refractivity contribution >= 4 is 35.3 Å². The number of aliphatic hydroxyl groups excluding tert-OH is 4. The number of hydrogen-bond donors (Lipinski definition) is 4. The van der Waals surface area contributed by atoms with Gasteiger partial charge < -0.3 is 34.6 Å². The molecule has 0 radical (unpaired) electrons. The van der Waals surface area contributed by atoms with Gasteiger partial charge in [0.15, 0.2) is 0 Å². The third-order valence-electron chi connectivity index (χ3n) is 21.9. The van der Waals surface area contributed by atoms with Crippen LogP contribution in [0.25, 0.3) is 0 Å². The molecule has 3 unspecified atom stereocenters. The van der Waals surface area contributed by atoms with Crippen molar-refractivity contribution in [3.05, 3.63) is 71.4 Å². The van der Waals surface area contributed by atoms with E-state index in [-0.39, 0.29) is 90.9 Å². The van der Waals surface area contributed by atoms with Gasteiger partial charge in [-0.2, -0.15) is 0 Å².